The van der Waals surface area contributed by atoms with Crippen LogP contribution in [0, 0.1) is 17.3 Å². The van der Waals surface area contributed by atoms with E-state index in [0.29, 0.717) is 23.9 Å². The van der Waals surface area contributed by atoms with Crippen molar-refractivity contribution in [1.82, 2.24) is 0 Å². The average Bonchev–Trinajstić information content (AvgIpc) is 2.97. The maximum absolute atomic E-state index is 11.4. The quantitative estimate of drug-likeness (QED) is 0.338. The molecule has 0 saturated heterocycles. The number of fused-ring (bicyclic) bond motifs is 5. The van der Waals surface area contributed by atoms with Crippen LogP contribution in [0.4, 0.5) is 5.69 Å². The highest BCUT2D eigenvalue weighted by molar-refractivity contribution is 7.80. The molecule has 3 aliphatic carbocycles. The van der Waals surface area contributed by atoms with Crippen molar-refractivity contribution in [2.75, 3.05) is 11.1 Å². The summed E-state index contributed by atoms with van der Waals surface area (Å²) in [7, 11) is 0. The summed E-state index contributed by atoms with van der Waals surface area (Å²) in [6.07, 6.45) is 5.18. The lowest BCUT2D eigenvalue weighted by Crippen LogP contribution is -2.44. The van der Waals surface area contributed by atoms with Crippen LogP contribution in [0.1, 0.15) is 56.1 Å². The zero-order valence-corrected chi connectivity index (χ0v) is 17.0. The molecule has 2 saturated carbocycles. The molecular weight excluding hydrogens is 378 g/mol. The summed E-state index contributed by atoms with van der Waals surface area (Å²) in [5.41, 5.74) is 2.22. The Labute approximate surface area is 170 Å². The Kier molecular flexibility index (Phi) is 4.94. The van der Waals surface area contributed by atoms with E-state index < -0.39 is 12.0 Å². The van der Waals surface area contributed by atoms with Crippen LogP contribution in [0.3, 0.4) is 0 Å². The van der Waals surface area contributed by atoms with E-state index >= 15 is 0 Å². The van der Waals surface area contributed by atoms with Crippen LogP contribution in [-0.2, 0) is 11.2 Å². The highest BCUT2D eigenvalue weighted by atomic mass is 32.1. The topological polar surface area (TPSA) is 110 Å². The number of hydrogen-bond donors (Lipinski definition) is 6. The van der Waals surface area contributed by atoms with Gasteiger partial charge in [0.15, 0.2) is 11.5 Å². The fraction of sp³-hybridized carbons (Fsp3) is 0.667. The van der Waals surface area contributed by atoms with E-state index in [1.54, 1.807) is 6.07 Å². The van der Waals surface area contributed by atoms with Crippen LogP contribution >= 0.6 is 12.6 Å². The standard InChI is InChI=1S/C21H29NO5S/c1-21-7-6-10-11(14(21)4-5-17(21)24)2-3-12-13(10)8-16(23)19(25)18(12)22-15(9-28)20(26)27/h8,10-11,14-15,17,22-25,28H,2-7,9H2,1H3,(H,26,27)/t10?,11?,14?,15-,17-,21-/m0/s1. The second-order valence-electron chi connectivity index (χ2n) is 8.96. The van der Waals surface area contributed by atoms with Crippen LogP contribution in [0.5, 0.6) is 11.5 Å². The first kappa shape index (κ1) is 19.7. The minimum Gasteiger partial charge on any atom is -0.504 e. The second kappa shape index (κ2) is 7.02. The van der Waals surface area contributed by atoms with E-state index in [1.165, 1.54) is 0 Å². The van der Waals surface area contributed by atoms with Crippen molar-refractivity contribution in [2.45, 2.75) is 63.5 Å². The van der Waals surface area contributed by atoms with Crippen molar-refractivity contribution >= 4 is 24.3 Å². The summed E-state index contributed by atoms with van der Waals surface area (Å²) in [6, 6.07) is 0.717. The largest absolute Gasteiger partial charge is 0.504 e. The third-order valence-electron chi connectivity index (χ3n) is 7.74. The monoisotopic (exact) mass is 407 g/mol. The lowest BCUT2D eigenvalue weighted by molar-refractivity contribution is -0.137. The molecule has 3 aliphatic rings. The van der Waals surface area contributed by atoms with E-state index in [0.717, 1.165) is 43.2 Å². The van der Waals surface area contributed by atoms with Gasteiger partial charge in [-0.2, -0.15) is 12.6 Å². The Morgan fingerprint density at radius 2 is 2.07 bits per heavy atom. The van der Waals surface area contributed by atoms with Gasteiger partial charge >= 0.3 is 5.97 Å². The molecule has 7 heteroatoms. The number of phenols is 2. The summed E-state index contributed by atoms with van der Waals surface area (Å²) < 4.78 is 0. The Hall–Kier alpha value is -1.60. The Balaban J connectivity index is 1.73. The van der Waals surface area contributed by atoms with Crippen LogP contribution in [0.15, 0.2) is 6.07 Å². The molecule has 1 aromatic carbocycles. The van der Waals surface area contributed by atoms with Crippen LogP contribution in [-0.4, -0.2) is 44.3 Å². The number of rotatable bonds is 4. The summed E-state index contributed by atoms with van der Waals surface area (Å²) in [5, 5.41) is 43.6. The van der Waals surface area contributed by atoms with Crippen molar-refractivity contribution in [3.05, 3.63) is 17.2 Å². The van der Waals surface area contributed by atoms with Gasteiger partial charge in [0.2, 0.25) is 0 Å². The van der Waals surface area contributed by atoms with Gasteiger partial charge < -0.3 is 25.7 Å². The zero-order valence-electron chi connectivity index (χ0n) is 16.1. The van der Waals surface area contributed by atoms with E-state index in [2.05, 4.69) is 24.9 Å². The highest BCUT2D eigenvalue weighted by Crippen LogP contribution is 2.62. The van der Waals surface area contributed by atoms with Gasteiger partial charge in [-0.3, -0.25) is 0 Å². The minimum absolute atomic E-state index is 0.0286. The van der Waals surface area contributed by atoms with Crippen molar-refractivity contribution in [3.63, 3.8) is 0 Å². The number of thiol groups is 1. The van der Waals surface area contributed by atoms with Crippen LogP contribution in [0.2, 0.25) is 0 Å². The molecular formula is C21H29NO5S. The smallest absolute Gasteiger partial charge is 0.326 e. The number of carbonyl (C=O) groups is 1. The number of phenolic OH excluding ortho intramolecular Hbond substituents is 2. The molecule has 0 spiro atoms. The first-order chi connectivity index (χ1) is 13.3. The molecule has 2 fully saturated rings. The van der Waals surface area contributed by atoms with Gasteiger partial charge in [-0.05, 0) is 78.9 Å². The minimum atomic E-state index is -1.05. The fourth-order valence-electron chi connectivity index (χ4n) is 6.19. The first-order valence-corrected chi connectivity index (χ1v) is 10.8. The number of carboxylic acid groups (broad SMARTS) is 1. The molecule has 6 atom stereocenters. The predicted molar refractivity (Wildman–Crippen MR) is 109 cm³/mol. The van der Waals surface area contributed by atoms with Crippen LogP contribution in [0.25, 0.3) is 0 Å². The van der Waals surface area contributed by atoms with Gasteiger partial charge in [-0.15, -0.1) is 0 Å². The fourth-order valence-corrected chi connectivity index (χ4v) is 6.44. The second-order valence-corrected chi connectivity index (χ2v) is 9.32. The van der Waals surface area contributed by atoms with Gasteiger partial charge in [0.1, 0.15) is 6.04 Å². The number of hydrogen-bond acceptors (Lipinski definition) is 6. The molecule has 0 aliphatic heterocycles. The molecule has 0 aromatic heterocycles. The predicted octanol–water partition coefficient (Wildman–Crippen LogP) is 3.11. The molecule has 0 heterocycles. The highest BCUT2D eigenvalue weighted by Gasteiger charge is 2.54. The SMILES string of the molecule is C[C@]12CCC3c4cc(O)c(O)c(N[C@@H](CS)C(=O)O)c4CCC3C1CC[C@@H]2O. The molecule has 3 unspecified atom stereocenters. The van der Waals surface area contributed by atoms with Gasteiger partial charge in [0.05, 0.1) is 11.8 Å². The lowest BCUT2D eigenvalue weighted by atomic mass is 9.55. The van der Waals surface area contributed by atoms with Crippen molar-refractivity contribution < 1.29 is 25.2 Å². The maximum Gasteiger partial charge on any atom is 0.326 e. The van der Waals surface area contributed by atoms with Gasteiger partial charge in [-0.25, -0.2) is 4.79 Å². The summed E-state index contributed by atoms with van der Waals surface area (Å²) in [4.78, 5) is 11.4. The molecule has 0 bridgehead atoms. The molecule has 28 heavy (non-hydrogen) atoms. The van der Waals surface area contributed by atoms with Gasteiger partial charge in [-0.1, -0.05) is 6.92 Å². The molecule has 6 nitrogen and oxygen atoms in total. The van der Waals surface area contributed by atoms with E-state index in [4.69, 9.17) is 0 Å². The zero-order chi connectivity index (χ0) is 20.2. The Morgan fingerprint density at radius 1 is 1.32 bits per heavy atom. The molecule has 0 radical (unpaired) electrons. The van der Waals surface area contributed by atoms with Crippen LogP contribution < -0.4 is 5.32 Å². The van der Waals surface area contributed by atoms with Gasteiger partial charge in [0, 0.05) is 5.75 Å². The Bertz CT molecular complexity index is 799. The lowest BCUT2D eigenvalue weighted by Gasteiger charge is -2.50. The third-order valence-corrected chi connectivity index (χ3v) is 8.10. The average molecular weight is 408 g/mol. The number of carboxylic acids is 1. The number of benzene rings is 1. The van der Waals surface area contributed by atoms with Crippen molar-refractivity contribution in [3.8, 4) is 11.5 Å². The molecule has 1 aromatic rings. The molecule has 154 valence electrons. The van der Waals surface area contributed by atoms with Crippen molar-refractivity contribution in [2.24, 2.45) is 17.3 Å². The first-order valence-electron chi connectivity index (χ1n) is 10.1. The summed E-state index contributed by atoms with van der Waals surface area (Å²) in [5.74, 6) is -0.311. The van der Waals surface area contributed by atoms with Gasteiger partial charge in [0.25, 0.3) is 0 Å². The number of nitrogens with one attached hydrogen (secondary N) is 1. The summed E-state index contributed by atoms with van der Waals surface area (Å²) in [6.45, 7) is 2.21. The molecule has 5 N–H and O–H groups in total. The number of aliphatic hydroxyl groups excluding tert-OH is 1. The Morgan fingerprint density at radius 3 is 2.75 bits per heavy atom. The van der Waals surface area contributed by atoms with E-state index in [9.17, 15) is 25.2 Å². The number of aliphatic carboxylic acids is 1. The maximum atomic E-state index is 11.4. The number of anilines is 1. The van der Waals surface area contributed by atoms with E-state index in [-0.39, 0.29) is 34.7 Å². The normalized spacial score (nSPS) is 34.8. The van der Waals surface area contributed by atoms with Crippen molar-refractivity contribution in [1.29, 1.82) is 0 Å². The number of aliphatic hydroxyl groups is 1. The summed E-state index contributed by atoms with van der Waals surface area (Å²) >= 11 is 4.09. The molecule has 0 amide bonds. The third kappa shape index (κ3) is 2.86. The number of aromatic hydroxyl groups is 2. The molecule has 4 rings (SSSR count). The van der Waals surface area contributed by atoms with E-state index in [1.807, 2.05) is 0 Å².